The second kappa shape index (κ2) is 13.8. The minimum Gasteiger partial charge on any atom is -0.494 e. The van der Waals surface area contributed by atoms with Crippen molar-refractivity contribution in [2.45, 2.75) is 71.2 Å². The molecule has 36 heavy (non-hydrogen) atoms. The third-order valence-electron chi connectivity index (χ3n) is 6.26. The number of likely N-dealkylation sites (N-methyl/N-ethyl adjacent to an activating group) is 1. The van der Waals surface area contributed by atoms with Crippen LogP contribution in [0.3, 0.4) is 0 Å². The standard InChI is InChI=1S/C31H49BrNO3/c1-25(32)17-19-35-28-13-9-26(10-14-28)23-33(7,8)18-20-34-21-22-36-29-15-11-27(12-16-29)31(5,6)24-30(2,3)4/h9-16,25H,17-24H2,1-8H3/q+1. The molecule has 0 N–H and O–H groups in total. The Kier molecular flexibility index (Phi) is 11.8. The van der Waals surface area contributed by atoms with E-state index >= 15 is 0 Å². The zero-order valence-electron chi connectivity index (χ0n) is 23.9. The fourth-order valence-electron chi connectivity index (χ4n) is 4.67. The second-order valence-electron chi connectivity index (χ2n) is 12.5. The Bertz CT molecular complexity index is 884. The maximum atomic E-state index is 5.91. The number of nitrogens with zero attached hydrogens (tertiary/aromatic N) is 1. The Morgan fingerprint density at radius 3 is 1.89 bits per heavy atom. The zero-order chi connectivity index (χ0) is 26.8. The normalized spacial score (nSPS) is 13.5. The molecule has 0 aromatic heterocycles. The lowest BCUT2D eigenvalue weighted by atomic mass is 9.72. The Hall–Kier alpha value is -1.56. The van der Waals surface area contributed by atoms with E-state index in [0.717, 1.165) is 48.5 Å². The summed E-state index contributed by atoms with van der Waals surface area (Å²) in [7, 11) is 4.48. The molecule has 2 aromatic carbocycles. The van der Waals surface area contributed by atoms with Gasteiger partial charge in [0.15, 0.2) is 0 Å². The van der Waals surface area contributed by atoms with Gasteiger partial charge in [0.1, 0.15) is 31.2 Å². The van der Waals surface area contributed by atoms with Crippen molar-refractivity contribution in [1.29, 1.82) is 0 Å². The number of benzene rings is 2. The molecule has 0 amide bonds. The fourth-order valence-corrected chi connectivity index (χ4v) is 4.85. The molecular formula is C31H49BrNO3+. The number of ether oxygens (including phenoxy) is 3. The van der Waals surface area contributed by atoms with Crippen molar-refractivity contribution in [2.75, 3.05) is 47.1 Å². The summed E-state index contributed by atoms with van der Waals surface area (Å²) < 4.78 is 18.5. The largest absolute Gasteiger partial charge is 0.494 e. The van der Waals surface area contributed by atoms with Gasteiger partial charge in [-0.3, -0.25) is 0 Å². The van der Waals surface area contributed by atoms with Crippen LogP contribution in [0.25, 0.3) is 0 Å². The van der Waals surface area contributed by atoms with Gasteiger partial charge in [-0.05, 0) is 65.6 Å². The third kappa shape index (κ3) is 12.1. The lowest BCUT2D eigenvalue weighted by molar-refractivity contribution is -0.904. The second-order valence-corrected chi connectivity index (χ2v) is 14.0. The van der Waals surface area contributed by atoms with Crippen molar-refractivity contribution in [3.63, 3.8) is 0 Å². The van der Waals surface area contributed by atoms with Gasteiger partial charge in [0.25, 0.3) is 0 Å². The summed E-state index contributed by atoms with van der Waals surface area (Å²) in [6.45, 7) is 18.2. The highest BCUT2D eigenvalue weighted by Crippen LogP contribution is 2.36. The van der Waals surface area contributed by atoms with Crippen molar-refractivity contribution in [1.82, 2.24) is 0 Å². The highest BCUT2D eigenvalue weighted by Gasteiger charge is 2.27. The van der Waals surface area contributed by atoms with Gasteiger partial charge in [0.05, 0.1) is 33.9 Å². The number of hydrogen-bond acceptors (Lipinski definition) is 3. The number of rotatable bonds is 15. The molecule has 0 spiro atoms. The summed E-state index contributed by atoms with van der Waals surface area (Å²) in [6, 6.07) is 17.0. The van der Waals surface area contributed by atoms with E-state index < -0.39 is 0 Å². The van der Waals surface area contributed by atoms with Crippen molar-refractivity contribution >= 4 is 15.9 Å². The van der Waals surface area contributed by atoms with Crippen LogP contribution in [0, 0.1) is 5.41 Å². The van der Waals surface area contributed by atoms with Gasteiger partial charge >= 0.3 is 0 Å². The highest BCUT2D eigenvalue weighted by molar-refractivity contribution is 9.09. The molecule has 0 radical (unpaired) electrons. The smallest absolute Gasteiger partial charge is 0.119 e. The third-order valence-corrected chi connectivity index (χ3v) is 6.72. The minimum absolute atomic E-state index is 0.145. The van der Waals surface area contributed by atoms with Gasteiger partial charge in [-0.25, -0.2) is 0 Å². The average molecular weight is 564 g/mol. The summed E-state index contributed by atoms with van der Waals surface area (Å²) in [5.41, 5.74) is 3.10. The number of hydrogen-bond donors (Lipinski definition) is 0. The summed E-state index contributed by atoms with van der Waals surface area (Å²) in [4.78, 5) is 0.478. The molecule has 2 rings (SSSR count). The first kappa shape index (κ1) is 30.7. The van der Waals surface area contributed by atoms with E-state index in [1.807, 2.05) is 0 Å². The molecule has 1 unspecified atom stereocenters. The van der Waals surface area contributed by atoms with Crippen molar-refractivity contribution in [3.8, 4) is 11.5 Å². The fraction of sp³-hybridized carbons (Fsp3) is 0.613. The van der Waals surface area contributed by atoms with Crippen LogP contribution in [-0.4, -0.2) is 56.4 Å². The molecule has 0 fully saturated rings. The van der Waals surface area contributed by atoms with E-state index in [1.165, 1.54) is 11.1 Å². The molecule has 0 heterocycles. The molecule has 2 aromatic rings. The molecule has 1 atom stereocenters. The number of alkyl halides is 1. The van der Waals surface area contributed by atoms with Crippen LogP contribution in [0.2, 0.25) is 0 Å². The molecule has 0 saturated heterocycles. The Morgan fingerprint density at radius 1 is 0.778 bits per heavy atom. The highest BCUT2D eigenvalue weighted by atomic mass is 79.9. The molecule has 0 saturated carbocycles. The van der Waals surface area contributed by atoms with Crippen LogP contribution in [0.1, 0.15) is 65.5 Å². The van der Waals surface area contributed by atoms with Crippen LogP contribution in [-0.2, 0) is 16.7 Å². The molecule has 0 bridgehead atoms. The number of quaternary nitrogens is 1. The van der Waals surface area contributed by atoms with E-state index in [1.54, 1.807) is 0 Å². The molecule has 5 heteroatoms. The monoisotopic (exact) mass is 562 g/mol. The topological polar surface area (TPSA) is 27.7 Å². The van der Waals surface area contributed by atoms with E-state index in [0.29, 0.717) is 30.1 Å². The van der Waals surface area contributed by atoms with Crippen LogP contribution < -0.4 is 9.47 Å². The van der Waals surface area contributed by atoms with Crippen LogP contribution >= 0.6 is 15.9 Å². The van der Waals surface area contributed by atoms with Crippen LogP contribution in [0.15, 0.2) is 48.5 Å². The number of halogens is 1. The quantitative estimate of drug-likeness (QED) is 0.127. The maximum Gasteiger partial charge on any atom is 0.119 e. The first-order chi connectivity index (χ1) is 16.8. The van der Waals surface area contributed by atoms with E-state index in [9.17, 15) is 0 Å². The Labute approximate surface area is 229 Å². The molecule has 0 aliphatic heterocycles. The van der Waals surface area contributed by atoms with E-state index in [2.05, 4.69) is 120 Å². The lowest BCUT2D eigenvalue weighted by Crippen LogP contribution is -2.41. The van der Waals surface area contributed by atoms with Crippen LogP contribution in [0.4, 0.5) is 0 Å². The van der Waals surface area contributed by atoms with Crippen molar-refractivity contribution in [2.24, 2.45) is 5.41 Å². The SMILES string of the molecule is CC(Br)CCOc1ccc(C[N+](C)(C)CCOCCOc2ccc(C(C)(C)CC(C)(C)C)cc2)cc1. The first-order valence-corrected chi connectivity index (χ1v) is 14.2. The van der Waals surface area contributed by atoms with Gasteiger partial charge < -0.3 is 18.7 Å². The minimum atomic E-state index is 0.145. The molecule has 4 nitrogen and oxygen atoms in total. The maximum absolute atomic E-state index is 5.91. The molecule has 202 valence electrons. The summed E-state index contributed by atoms with van der Waals surface area (Å²) in [6.07, 6.45) is 2.14. The predicted octanol–water partition coefficient (Wildman–Crippen LogP) is 7.62. The van der Waals surface area contributed by atoms with Gasteiger partial charge in [-0.2, -0.15) is 0 Å². The molecule has 0 aliphatic rings. The van der Waals surface area contributed by atoms with E-state index in [4.69, 9.17) is 14.2 Å². The average Bonchev–Trinajstić information content (AvgIpc) is 2.75. The van der Waals surface area contributed by atoms with Crippen LogP contribution in [0.5, 0.6) is 11.5 Å². The van der Waals surface area contributed by atoms with Gasteiger partial charge in [0, 0.05) is 10.4 Å². The summed E-state index contributed by atoms with van der Waals surface area (Å²) >= 11 is 3.55. The van der Waals surface area contributed by atoms with Crippen molar-refractivity contribution < 1.29 is 18.7 Å². The Balaban J connectivity index is 1.66. The predicted molar refractivity (Wildman–Crippen MR) is 155 cm³/mol. The lowest BCUT2D eigenvalue weighted by Gasteiger charge is -2.33. The Morgan fingerprint density at radius 2 is 1.33 bits per heavy atom. The van der Waals surface area contributed by atoms with Gasteiger partial charge in [-0.1, -0.05) is 69.6 Å². The summed E-state index contributed by atoms with van der Waals surface area (Å²) in [5, 5.41) is 0. The van der Waals surface area contributed by atoms with Crippen molar-refractivity contribution in [3.05, 3.63) is 59.7 Å². The zero-order valence-corrected chi connectivity index (χ0v) is 25.5. The van der Waals surface area contributed by atoms with E-state index in [-0.39, 0.29) is 5.41 Å². The van der Waals surface area contributed by atoms with Gasteiger partial charge in [-0.15, -0.1) is 0 Å². The molecule has 0 aliphatic carbocycles. The molecular weight excluding hydrogens is 514 g/mol. The summed E-state index contributed by atoms with van der Waals surface area (Å²) in [5.74, 6) is 1.84. The first-order valence-electron chi connectivity index (χ1n) is 13.2. The van der Waals surface area contributed by atoms with Gasteiger partial charge in [0.2, 0.25) is 0 Å².